The Morgan fingerprint density at radius 3 is 2.92 bits per heavy atom. The number of hydrogen-bond donors (Lipinski definition) is 1. The number of hydrogen-bond acceptors (Lipinski definition) is 5. The molecule has 0 spiro atoms. The number of carbonyl (C=O) groups is 1. The second-order valence-electron chi connectivity index (χ2n) is 7.28. The fraction of sp³-hybridized carbons (Fsp3) is 0.389. The van der Waals surface area contributed by atoms with Crippen LogP contribution in [0.4, 0.5) is 5.95 Å². The maximum atomic E-state index is 12.4. The number of anilines is 1. The van der Waals surface area contributed by atoms with Crippen molar-refractivity contribution in [2.24, 2.45) is 5.41 Å². The second-order valence-corrected chi connectivity index (χ2v) is 8.63. The number of aromatic nitrogens is 3. The summed E-state index contributed by atoms with van der Waals surface area (Å²) in [6.45, 7) is 4.76. The molecule has 130 valence electrons. The summed E-state index contributed by atoms with van der Waals surface area (Å²) in [6, 6.07) is 7.78. The number of fused-ring (bicyclic) bond motifs is 1. The predicted octanol–water partition coefficient (Wildman–Crippen LogP) is 4.29. The van der Waals surface area contributed by atoms with Crippen molar-refractivity contribution in [1.82, 2.24) is 14.8 Å². The number of allylic oxidation sites excluding steroid dienone is 2. The molecule has 1 aromatic carbocycles. The Balaban J connectivity index is 1.51. The van der Waals surface area contributed by atoms with Gasteiger partial charge in [-0.25, -0.2) is 4.68 Å². The minimum absolute atomic E-state index is 0.00720. The molecule has 7 heteroatoms. The van der Waals surface area contributed by atoms with Gasteiger partial charge in [-0.05, 0) is 23.5 Å². The summed E-state index contributed by atoms with van der Waals surface area (Å²) in [5.41, 5.74) is 2.90. The van der Waals surface area contributed by atoms with Crippen molar-refractivity contribution in [3.05, 3.63) is 46.1 Å². The lowest BCUT2D eigenvalue weighted by atomic mass is 9.75. The molecule has 2 aliphatic rings. The van der Waals surface area contributed by atoms with Crippen molar-refractivity contribution in [1.29, 1.82) is 0 Å². The molecule has 1 aromatic heterocycles. The van der Waals surface area contributed by atoms with Crippen LogP contribution in [0.5, 0.6) is 0 Å². The molecule has 1 aliphatic heterocycles. The van der Waals surface area contributed by atoms with Gasteiger partial charge >= 0.3 is 0 Å². The third-order valence-electron chi connectivity index (χ3n) is 4.53. The molecule has 0 atom stereocenters. The van der Waals surface area contributed by atoms with Gasteiger partial charge in [-0.2, -0.15) is 4.98 Å². The maximum absolute atomic E-state index is 12.4. The molecule has 5 nitrogen and oxygen atoms in total. The molecule has 0 bridgehead atoms. The van der Waals surface area contributed by atoms with E-state index in [0.29, 0.717) is 29.8 Å². The summed E-state index contributed by atoms with van der Waals surface area (Å²) < 4.78 is 1.78. The SMILES string of the molecule is CC1(C)CC(=O)C2=C(C1)Nc1nc(SCc3ccccc3Cl)nn1C2. The van der Waals surface area contributed by atoms with Gasteiger partial charge in [0, 0.05) is 28.5 Å². The Morgan fingerprint density at radius 2 is 2.12 bits per heavy atom. The minimum Gasteiger partial charge on any atom is -0.328 e. The lowest BCUT2D eigenvalue weighted by Gasteiger charge is -2.34. The minimum atomic E-state index is -0.00720. The van der Waals surface area contributed by atoms with Crippen LogP contribution in [0.3, 0.4) is 0 Å². The van der Waals surface area contributed by atoms with Gasteiger partial charge in [0.05, 0.1) is 6.54 Å². The quantitative estimate of drug-likeness (QED) is 0.812. The van der Waals surface area contributed by atoms with Gasteiger partial charge in [0.25, 0.3) is 0 Å². The van der Waals surface area contributed by atoms with Gasteiger partial charge in [0.15, 0.2) is 5.78 Å². The zero-order chi connectivity index (χ0) is 17.6. The largest absolute Gasteiger partial charge is 0.328 e. The van der Waals surface area contributed by atoms with Crippen LogP contribution in [-0.2, 0) is 17.1 Å². The summed E-state index contributed by atoms with van der Waals surface area (Å²) in [5.74, 6) is 1.64. The van der Waals surface area contributed by atoms with E-state index in [0.717, 1.165) is 28.3 Å². The Labute approximate surface area is 155 Å². The average Bonchev–Trinajstić information content (AvgIpc) is 2.93. The number of Topliss-reactive ketones (excluding diaryl/α,β-unsaturated/α-hetero) is 1. The predicted molar refractivity (Wildman–Crippen MR) is 99.7 cm³/mol. The summed E-state index contributed by atoms with van der Waals surface area (Å²) in [4.78, 5) is 17.0. The van der Waals surface area contributed by atoms with Gasteiger partial charge in [-0.15, -0.1) is 5.10 Å². The molecule has 0 radical (unpaired) electrons. The van der Waals surface area contributed by atoms with Crippen molar-refractivity contribution in [2.75, 3.05) is 5.32 Å². The molecule has 1 aliphatic carbocycles. The Bertz CT molecular complexity index is 887. The lowest BCUT2D eigenvalue weighted by Crippen LogP contribution is -2.33. The molecule has 25 heavy (non-hydrogen) atoms. The lowest BCUT2D eigenvalue weighted by molar-refractivity contribution is -0.118. The molecule has 0 unspecified atom stereocenters. The number of ketones is 1. The first-order valence-electron chi connectivity index (χ1n) is 8.25. The second kappa shape index (κ2) is 6.18. The first kappa shape index (κ1) is 16.7. The monoisotopic (exact) mass is 374 g/mol. The van der Waals surface area contributed by atoms with Gasteiger partial charge in [0.2, 0.25) is 11.1 Å². The molecular formula is C18H19ClN4OS. The molecule has 2 aromatic rings. The number of nitrogens with zero attached hydrogens (tertiary/aromatic N) is 3. The number of rotatable bonds is 3. The van der Waals surface area contributed by atoms with Crippen molar-refractivity contribution < 1.29 is 4.79 Å². The Morgan fingerprint density at radius 1 is 1.32 bits per heavy atom. The van der Waals surface area contributed by atoms with Gasteiger partial charge in [-0.1, -0.05) is 55.4 Å². The highest BCUT2D eigenvalue weighted by Gasteiger charge is 2.36. The molecule has 0 saturated heterocycles. The zero-order valence-electron chi connectivity index (χ0n) is 14.2. The van der Waals surface area contributed by atoms with E-state index in [1.165, 1.54) is 0 Å². The normalized spacial score (nSPS) is 18.6. The molecule has 1 N–H and O–H groups in total. The number of thioether (sulfide) groups is 1. The molecule has 4 rings (SSSR count). The highest BCUT2D eigenvalue weighted by atomic mass is 35.5. The van der Waals surface area contributed by atoms with Crippen molar-refractivity contribution in [2.45, 2.75) is 44.1 Å². The van der Waals surface area contributed by atoms with E-state index in [2.05, 4.69) is 29.2 Å². The van der Waals surface area contributed by atoms with Crippen LogP contribution >= 0.6 is 23.4 Å². The smallest absolute Gasteiger partial charge is 0.226 e. The number of halogens is 1. The standard InChI is InChI=1S/C18H19ClN4OS/c1-18(2)7-14-12(15(24)8-18)9-23-16(20-14)21-17(22-23)25-10-11-5-3-4-6-13(11)19/h3-6H,7-10H2,1-2H3,(H,20,21,22). The molecule has 0 fully saturated rings. The third kappa shape index (κ3) is 3.33. The maximum Gasteiger partial charge on any atom is 0.226 e. The van der Waals surface area contributed by atoms with E-state index in [1.807, 2.05) is 24.3 Å². The van der Waals surface area contributed by atoms with E-state index < -0.39 is 0 Å². The fourth-order valence-electron chi connectivity index (χ4n) is 3.29. The summed E-state index contributed by atoms with van der Waals surface area (Å²) in [7, 11) is 0. The van der Waals surface area contributed by atoms with Crippen LogP contribution in [0.15, 0.2) is 40.7 Å². The van der Waals surface area contributed by atoms with Crippen LogP contribution < -0.4 is 5.32 Å². The Kier molecular flexibility index (Phi) is 4.12. The number of nitrogens with one attached hydrogen (secondary N) is 1. The zero-order valence-corrected chi connectivity index (χ0v) is 15.7. The highest BCUT2D eigenvalue weighted by Crippen LogP contribution is 2.39. The number of benzene rings is 1. The van der Waals surface area contributed by atoms with Crippen LogP contribution in [0, 0.1) is 5.41 Å². The van der Waals surface area contributed by atoms with E-state index >= 15 is 0 Å². The molecule has 2 heterocycles. The summed E-state index contributed by atoms with van der Waals surface area (Å²) >= 11 is 7.75. The van der Waals surface area contributed by atoms with Crippen LogP contribution in [0.2, 0.25) is 5.02 Å². The average molecular weight is 375 g/mol. The highest BCUT2D eigenvalue weighted by molar-refractivity contribution is 7.98. The number of carbonyl (C=O) groups excluding carboxylic acids is 1. The van der Waals surface area contributed by atoms with Crippen molar-refractivity contribution >= 4 is 35.1 Å². The van der Waals surface area contributed by atoms with Crippen molar-refractivity contribution in [3.8, 4) is 0 Å². The summed E-state index contributed by atoms with van der Waals surface area (Å²) in [5, 5.41) is 9.30. The summed E-state index contributed by atoms with van der Waals surface area (Å²) in [6.07, 6.45) is 1.45. The van der Waals surface area contributed by atoms with Crippen LogP contribution in [0.25, 0.3) is 0 Å². The third-order valence-corrected chi connectivity index (χ3v) is 5.79. The first-order chi connectivity index (χ1) is 11.9. The first-order valence-corrected chi connectivity index (χ1v) is 9.61. The fourth-order valence-corrected chi connectivity index (χ4v) is 4.41. The van der Waals surface area contributed by atoms with E-state index in [4.69, 9.17) is 11.6 Å². The van der Waals surface area contributed by atoms with Gasteiger partial charge < -0.3 is 5.32 Å². The van der Waals surface area contributed by atoms with Crippen molar-refractivity contribution in [3.63, 3.8) is 0 Å². The van der Waals surface area contributed by atoms with E-state index in [9.17, 15) is 4.79 Å². The van der Waals surface area contributed by atoms with Gasteiger partial charge in [-0.3, -0.25) is 4.79 Å². The van der Waals surface area contributed by atoms with Crippen LogP contribution in [-0.4, -0.2) is 20.5 Å². The molecule has 0 saturated carbocycles. The Hall–Kier alpha value is -1.79. The van der Waals surface area contributed by atoms with E-state index in [1.54, 1.807) is 16.4 Å². The molecular weight excluding hydrogens is 356 g/mol. The topological polar surface area (TPSA) is 59.8 Å². The van der Waals surface area contributed by atoms with E-state index in [-0.39, 0.29) is 11.2 Å². The van der Waals surface area contributed by atoms with Gasteiger partial charge in [0.1, 0.15) is 0 Å². The van der Waals surface area contributed by atoms with Crippen LogP contribution in [0.1, 0.15) is 32.3 Å². The molecule has 0 amide bonds.